The minimum absolute atomic E-state index is 0.583. The van der Waals surface area contributed by atoms with E-state index in [1.807, 2.05) is 36.2 Å². The van der Waals surface area contributed by atoms with Gasteiger partial charge in [-0.25, -0.2) is 0 Å². The van der Waals surface area contributed by atoms with Gasteiger partial charge >= 0.3 is 0 Å². The van der Waals surface area contributed by atoms with Crippen LogP contribution in [0.3, 0.4) is 0 Å². The van der Waals surface area contributed by atoms with Gasteiger partial charge in [-0.1, -0.05) is 60.7 Å². The van der Waals surface area contributed by atoms with Crippen molar-refractivity contribution in [2.45, 2.75) is 13.1 Å². The molecule has 0 fully saturated rings. The molecule has 0 N–H and O–H groups in total. The van der Waals surface area contributed by atoms with Crippen molar-refractivity contribution in [3.8, 4) is 0 Å². The van der Waals surface area contributed by atoms with E-state index in [4.69, 9.17) is 4.84 Å². The molecular weight excluding hydrogens is 248 g/mol. The molecule has 0 atom stereocenters. The first-order valence-electron chi connectivity index (χ1n) is 6.84. The van der Waals surface area contributed by atoms with Gasteiger partial charge in [0.2, 0.25) is 0 Å². The lowest BCUT2D eigenvalue weighted by Gasteiger charge is -2.24. The highest BCUT2D eigenvalue weighted by atomic mass is 16.7. The molecule has 2 aromatic rings. The molecule has 0 saturated carbocycles. The number of hydroxylamine groups is 2. The molecule has 106 valence electrons. The molecule has 3 nitrogen and oxygen atoms in total. The molecule has 2 rings (SSSR count). The second kappa shape index (κ2) is 7.80. The van der Waals surface area contributed by atoms with Gasteiger partial charge in [-0.2, -0.15) is 5.06 Å². The Morgan fingerprint density at radius 3 is 1.60 bits per heavy atom. The largest absolute Gasteiger partial charge is 0.285 e. The number of benzene rings is 2. The Morgan fingerprint density at radius 1 is 0.750 bits per heavy atom. The Balaban J connectivity index is 2.00. The molecule has 0 spiro atoms. The lowest BCUT2D eigenvalue weighted by Crippen LogP contribution is -2.28. The van der Waals surface area contributed by atoms with E-state index in [9.17, 15) is 0 Å². The monoisotopic (exact) mass is 270 g/mol. The van der Waals surface area contributed by atoms with Crippen LogP contribution in [0.25, 0.3) is 0 Å². The lowest BCUT2D eigenvalue weighted by molar-refractivity contribution is -0.198. The molecule has 0 saturated heterocycles. The Labute approximate surface area is 121 Å². The Hall–Kier alpha value is -1.68. The second-order valence-electron chi connectivity index (χ2n) is 5.11. The molecular formula is C17H22N2O. The van der Waals surface area contributed by atoms with Crippen molar-refractivity contribution in [3.05, 3.63) is 71.8 Å². The molecule has 0 unspecified atom stereocenters. The first-order chi connectivity index (χ1) is 9.74. The molecule has 0 amide bonds. The molecule has 0 aliphatic rings. The van der Waals surface area contributed by atoms with Crippen LogP contribution in [0, 0.1) is 0 Å². The van der Waals surface area contributed by atoms with Crippen LogP contribution < -0.4 is 0 Å². The molecule has 0 heterocycles. The smallest absolute Gasteiger partial charge is 0.121 e. The van der Waals surface area contributed by atoms with Gasteiger partial charge in [0, 0.05) is 13.1 Å². The number of rotatable bonds is 7. The molecule has 3 heteroatoms. The summed E-state index contributed by atoms with van der Waals surface area (Å²) in [4.78, 5) is 7.89. The first kappa shape index (κ1) is 14.7. The highest BCUT2D eigenvalue weighted by Crippen LogP contribution is 2.10. The summed E-state index contributed by atoms with van der Waals surface area (Å²) in [7, 11) is 4.01. The van der Waals surface area contributed by atoms with Crippen LogP contribution in [0.2, 0.25) is 0 Å². The summed E-state index contributed by atoms with van der Waals surface area (Å²) in [6, 6.07) is 20.8. The third-order valence-electron chi connectivity index (χ3n) is 2.90. The fourth-order valence-corrected chi connectivity index (χ4v) is 1.92. The van der Waals surface area contributed by atoms with Crippen LogP contribution in [0.1, 0.15) is 11.1 Å². The van der Waals surface area contributed by atoms with E-state index in [1.165, 1.54) is 11.1 Å². The summed E-state index contributed by atoms with van der Waals surface area (Å²) in [5.41, 5.74) is 2.50. The molecule has 20 heavy (non-hydrogen) atoms. The van der Waals surface area contributed by atoms with Crippen LogP contribution in [-0.2, 0) is 17.9 Å². The Bertz CT molecular complexity index is 443. The predicted octanol–water partition coefficient (Wildman–Crippen LogP) is 3.14. The quantitative estimate of drug-likeness (QED) is 0.568. The topological polar surface area (TPSA) is 15.7 Å². The van der Waals surface area contributed by atoms with E-state index in [2.05, 4.69) is 48.5 Å². The Kier molecular flexibility index (Phi) is 5.74. The molecule has 0 radical (unpaired) electrons. The van der Waals surface area contributed by atoms with E-state index < -0.39 is 0 Å². The fourth-order valence-electron chi connectivity index (χ4n) is 1.92. The van der Waals surface area contributed by atoms with Crippen molar-refractivity contribution in [2.24, 2.45) is 0 Å². The van der Waals surface area contributed by atoms with Gasteiger partial charge in [-0.05, 0) is 25.2 Å². The van der Waals surface area contributed by atoms with Gasteiger partial charge in [0.1, 0.15) is 6.73 Å². The average molecular weight is 270 g/mol. The minimum Gasteiger partial charge on any atom is -0.285 e. The third-order valence-corrected chi connectivity index (χ3v) is 2.90. The summed E-state index contributed by atoms with van der Waals surface area (Å²) >= 11 is 0. The summed E-state index contributed by atoms with van der Waals surface area (Å²) in [6.45, 7) is 2.15. The van der Waals surface area contributed by atoms with Crippen LogP contribution in [0.4, 0.5) is 0 Å². The first-order valence-corrected chi connectivity index (χ1v) is 6.84. The van der Waals surface area contributed by atoms with E-state index in [-0.39, 0.29) is 0 Å². The third kappa shape index (κ3) is 5.13. The van der Waals surface area contributed by atoms with Gasteiger partial charge in [0.05, 0.1) is 0 Å². The summed E-state index contributed by atoms with van der Waals surface area (Å²) < 4.78 is 0. The zero-order chi connectivity index (χ0) is 14.2. The van der Waals surface area contributed by atoms with Crippen LogP contribution in [-0.4, -0.2) is 30.8 Å². The van der Waals surface area contributed by atoms with Crippen molar-refractivity contribution in [3.63, 3.8) is 0 Å². The maximum Gasteiger partial charge on any atom is 0.121 e. The van der Waals surface area contributed by atoms with E-state index >= 15 is 0 Å². The van der Waals surface area contributed by atoms with Crippen molar-refractivity contribution >= 4 is 0 Å². The maximum absolute atomic E-state index is 5.87. The van der Waals surface area contributed by atoms with E-state index in [1.54, 1.807) is 0 Å². The number of hydrogen-bond acceptors (Lipinski definition) is 3. The highest BCUT2D eigenvalue weighted by Gasteiger charge is 2.08. The van der Waals surface area contributed by atoms with Gasteiger partial charge < -0.3 is 0 Å². The van der Waals surface area contributed by atoms with Crippen molar-refractivity contribution in [2.75, 3.05) is 20.8 Å². The summed E-state index contributed by atoms with van der Waals surface area (Å²) in [5, 5.41) is 2.00. The molecule has 0 aliphatic heterocycles. The molecule has 0 aromatic heterocycles. The van der Waals surface area contributed by atoms with Crippen molar-refractivity contribution < 1.29 is 4.84 Å². The maximum atomic E-state index is 5.87. The zero-order valence-corrected chi connectivity index (χ0v) is 12.2. The Morgan fingerprint density at radius 2 is 1.20 bits per heavy atom. The summed E-state index contributed by atoms with van der Waals surface area (Å²) in [6.07, 6.45) is 0. The minimum atomic E-state index is 0.583. The van der Waals surface area contributed by atoms with Gasteiger partial charge in [-0.3, -0.25) is 9.74 Å². The van der Waals surface area contributed by atoms with Crippen molar-refractivity contribution in [1.82, 2.24) is 9.96 Å². The average Bonchev–Trinajstić information content (AvgIpc) is 2.47. The molecule has 2 aromatic carbocycles. The number of hydrogen-bond donors (Lipinski definition) is 0. The van der Waals surface area contributed by atoms with Gasteiger partial charge in [0.25, 0.3) is 0 Å². The van der Waals surface area contributed by atoms with Gasteiger partial charge in [-0.15, -0.1) is 0 Å². The zero-order valence-electron chi connectivity index (χ0n) is 12.2. The molecule has 0 aliphatic carbocycles. The van der Waals surface area contributed by atoms with Crippen LogP contribution >= 0.6 is 0 Å². The molecule has 0 bridgehead atoms. The fraction of sp³-hybridized carbons (Fsp3) is 0.294. The lowest BCUT2D eigenvalue weighted by atomic mass is 10.2. The van der Waals surface area contributed by atoms with E-state index in [0.29, 0.717) is 6.73 Å². The van der Waals surface area contributed by atoms with E-state index in [0.717, 1.165) is 13.1 Å². The second-order valence-corrected chi connectivity index (χ2v) is 5.11. The van der Waals surface area contributed by atoms with Crippen LogP contribution in [0.15, 0.2) is 60.7 Å². The van der Waals surface area contributed by atoms with Crippen molar-refractivity contribution in [1.29, 1.82) is 0 Å². The standard InChI is InChI=1S/C17H22N2O/c1-18(2)15-20-19(13-16-9-5-3-6-10-16)14-17-11-7-4-8-12-17/h3-12H,13-15H2,1-2H3. The normalized spacial score (nSPS) is 11.2. The van der Waals surface area contributed by atoms with Crippen LogP contribution in [0.5, 0.6) is 0 Å². The SMILES string of the molecule is CN(C)CON(Cc1ccccc1)Cc1ccccc1. The predicted molar refractivity (Wildman–Crippen MR) is 81.8 cm³/mol. The van der Waals surface area contributed by atoms with Gasteiger partial charge in [0.15, 0.2) is 0 Å². The highest BCUT2D eigenvalue weighted by molar-refractivity contribution is 5.16. The summed E-state index contributed by atoms with van der Waals surface area (Å²) in [5.74, 6) is 0. The number of nitrogens with zero attached hydrogens (tertiary/aromatic N) is 2.